The third-order valence-corrected chi connectivity index (χ3v) is 4.57. The number of phenolic OH excluding ortho intramolecular Hbond substituents is 1. The Morgan fingerprint density at radius 1 is 0.931 bits per heavy atom. The predicted molar refractivity (Wildman–Crippen MR) is 121 cm³/mol. The number of anilines is 1. The molecule has 7 heteroatoms. The lowest BCUT2D eigenvalue weighted by Crippen LogP contribution is -2.02. The van der Waals surface area contributed by atoms with Gasteiger partial charge in [-0.3, -0.25) is 9.54 Å². The molecule has 0 saturated carbocycles. The molecular weight excluding hydrogens is 388 g/mol. The molecule has 0 radical (unpaired) electrons. The molecule has 0 bridgehead atoms. The number of unbranched alkanes of at least 4 members (excludes halogenated alkanes) is 9. The van der Waals surface area contributed by atoms with Gasteiger partial charge in [0.15, 0.2) is 0 Å². The third kappa shape index (κ3) is 13.1. The number of aromatic hydroxyl groups is 1. The monoisotopic (exact) mass is 424 g/mol. The van der Waals surface area contributed by atoms with Crippen molar-refractivity contribution < 1.29 is 18.1 Å². The summed E-state index contributed by atoms with van der Waals surface area (Å²) in [5, 5.41) is 14.1. The minimum atomic E-state index is -3.67. The van der Waals surface area contributed by atoms with Gasteiger partial charge in [-0.25, -0.2) is 0 Å². The first-order valence-corrected chi connectivity index (χ1v) is 12.4. The second kappa shape index (κ2) is 14.2. The van der Waals surface area contributed by atoms with Gasteiger partial charge in [0.25, 0.3) is 10.1 Å². The summed E-state index contributed by atoms with van der Waals surface area (Å²) in [4.78, 5) is 4.34. The molecule has 1 aromatic carbocycles. The Labute approximate surface area is 175 Å². The van der Waals surface area contributed by atoms with Crippen LogP contribution in [0.3, 0.4) is 0 Å². The van der Waals surface area contributed by atoms with Gasteiger partial charge in [-0.05, 0) is 30.7 Å². The van der Waals surface area contributed by atoms with Crippen molar-refractivity contribution in [3.05, 3.63) is 30.5 Å². The molecule has 1 aromatic heterocycles. The molecule has 0 aliphatic carbocycles. The van der Waals surface area contributed by atoms with Crippen LogP contribution in [-0.2, 0) is 10.1 Å². The second-order valence-electron chi connectivity index (χ2n) is 7.40. The van der Waals surface area contributed by atoms with Crippen molar-refractivity contribution in [1.82, 2.24) is 4.98 Å². The summed E-state index contributed by atoms with van der Waals surface area (Å²) < 4.78 is 25.9. The van der Waals surface area contributed by atoms with Gasteiger partial charge in [0, 0.05) is 23.8 Å². The van der Waals surface area contributed by atoms with Gasteiger partial charge in [0.1, 0.15) is 5.75 Å². The van der Waals surface area contributed by atoms with Crippen LogP contribution in [0.4, 0.5) is 5.69 Å². The summed E-state index contributed by atoms with van der Waals surface area (Å²) in [5.74, 6) is 0.289. The number of phenols is 1. The fourth-order valence-electron chi connectivity index (χ4n) is 3.12. The number of benzene rings is 1. The molecule has 0 unspecified atom stereocenters. The molecule has 2 aromatic rings. The van der Waals surface area contributed by atoms with E-state index in [1.807, 2.05) is 18.3 Å². The number of pyridine rings is 1. The van der Waals surface area contributed by atoms with E-state index in [2.05, 4.69) is 17.2 Å². The van der Waals surface area contributed by atoms with Gasteiger partial charge < -0.3 is 10.4 Å². The number of fused-ring (bicyclic) bond motifs is 1. The van der Waals surface area contributed by atoms with E-state index in [9.17, 15) is 13.5 Å². The van der Waals surface area contributed by atoms with E-state index in [0.717, 1.165) is 23.1 Å². The third-order valence-electron chi connectivity index (χ3n) is 4.57. The summed E-state index contributed by atoms with van der Waals surface area (Å²) in [7, 11) is -3.67. The highest BCUT2D eigenvalue weighted by atomic mass is 32.2. The highest BCUT2D eigenvalue weighted by molar-refractivity contribution is 7.85. The van der Waals surface area contributed by atoms with E-state index in [1.165, 1.54) is 64.2 Å². The molecular formula is C22H36N2O4S. The minimum absolute atomic E-state index is 0.289. The van der Waals surface area contributed by atoms with Gasteiger partial charge in [-0.1, -0.05) is 64.7 Å². The van der Waals surface area contributed by atoms with Gasteiger partial charge in [0.2, 0.25) is 0 Å². The van der Waals surface area contributed by atoms with E-state index < -0.39 is 10.1 Å². The molecule has 164 valence electrons. The first-order chi connectivity index (χ1) is 13.8. The number of nitrogens with one attached hydrogen (secondary N) is 1. The van der Waals surface area contributed by atoms with E-state index in [0.29, 0.717) is 6.26 Å². The average molecular weight is 425 g/mol. The highest BCUT2D eigenvalue weighted by Gasteiger charge is 2.02. The van der Waals surface area contributed by atoms with Crippen LogP contribution < -0.4 is 5.32 Å². The van der Waals surface area contributed by atoms with Crippen LogP contribution in [0.5, 0.6) is 5.75 Å². The van der Waals surface area contributed by atoms with Gasteiger partial charge >= 0.3 is 0 Å². The van der Waals surface area contributed by atoms with Crippen molar-refractivity contribution in [1.29, 1.82) is 0 Å². The fraction of sp³-hybridized carbons (Fsp3) is 0.591. The first-order valence-electron chi connectivity index (χ1n) is 10.6. The van der Waals surface area contributed by atoms with Crippen LogP contribution >= 0.6 is 0 Å². The molecule has 0 fully saturated rings. The molecule has 1 heterocycles. The quantitative estimate of drug-likeness (QED) is 0.295. The molecule has 0 amide bonds. The van der Waals surface area contributed by atoms with Crippen molar-refractivity contribution in [2.75, 3.05) is 18.1 Å². The van der Waals surface area contributed by atoms with Crippen LogP contribution in [-0.4, -0.2) is 35.9 Å². The molecule has 6 nitrogen and oxygen atoms in total. The Bertz CT molecular complexity index is 802. The van der Waals surface area contributed by atoms with Crippen molar-refractivity contribution >= 4 is 26.7 Å². The topological polar surface area (TPSA) is 99.5 Å². The molecule has 0 spiro atoms. The zero-order chi connectivity index (χ0) is 21.5. The molecule has 0 atom stereocenters. The number of aromatic nitrogens is 1. The normalized spacial score (nSPS) is 11.1. The van der Waals surface area contributed by atoms with E-state index in [1.54, 1.807) is 12.1 Å². The van der Waals surface area contributed by atoms with Gasteiger partial charge in [-0.15, -0.1) is 0 Å². The maximum absolute atomic E-state index is 9.66. The van der Waals surface area contributed by atoms with Crippen molar-refractivity contribution in [3.8, 4) is 5.75 Å². The highest BCUT2D eigenvalue weighted by Crippen LogP contribution is 2.25. The summed E-state index contributed by atoms with van der Waals surface area (Å²) in [6.07, 6.45) is 16.1. The van der Waals surface area contributed by atoms with E-state index in [-0.39, 0.29) is 5.75 Å². The van der Waals surface area contributed by atoms with Crippen molar-refractivity contribution in [3.63, 3.8) is 0 Å². The van der Waals surface area contributed by atoms with Crippen LogP contribution in [0.15, 0.2) is 30.5 Å². The maximum Gasteiger partial charge on any atom is 0.261 e. The molecule has 0 aliphatic heterocycles. The Morgan fingerprint density at radius 2 is 1.48 bits per heavy atom. The van der Waals surface area contributed by atoms with E-state index >= 15 is 0 Å². The molecule has 3 N–H and O–H groups in total. The lowest BCUT2D eigenvalue weighted by molar-refractivity contribution is 0.476. The van der Waals surface area contributed by atoms with Crippen LogP contribution in [0.25, 0.3) is 10.9 Å². The minimum Gasteiger partial charge on any atom is -0.508 e. The van der Waals surface area contributed by atoms with Crippen LogP contribution in [0.2, 0.25) is 0 Å². The summed E-state index contributed by atoms with van der Waals surface area (Å²) in [6, 6.07) is 7.30. The smallest absolute Gasteiger partial charge is 0.261 e. The zero-order valence-electron chi connectivity index (χ0n) is 17.7. The SMILES string of the molecule is CCCCCCCCCCCCNc1ccnc2ccc(O)cc12.CS(=O)(=O)O. The summed E-state index contributed by atoms with van der Waals surface area (Å²) >= 11 is 0. The average Bonchev–Trinajstić information content (AvgIpc) is 2.65. The number of nitrogens with zero attached hydrogens (tertiary/aromatic N) is 1. The molecule has 0 aliphatic rings. The standard InChI is InChI=1S/C21H32N2O.CH4O3S/c1-2-3-4-5-6-7-8-9-10-11-15-22-21-14-16-23-20-13-12-18(24)17-19(20)21;1-5(2,3)4/h12-14,16-17,24H,2-11,15H2,1H3,(H,22,23);1H3,(H,2,3,4). The van der Waals surface area contributed by atoms with Crippen LogP contribution in [0, 0.1) is 0 Å². The lowest BCUT2D eigenvalue weighted by Gasteiger charge is -2.09. The summed E-state index contributed by atoms with van der Waals surface area (Å²) in [5.41, 5.74) is 1.98. The van der Waals surface area contributed by atoms with Gasteiger partial charge in [-0.2, -0.15) is 8.42 Å². The Kier molecular flexibility index (Phi) is 12.3. The molecule has 2 rings (SSSR count). The van der Waals surface area contributed by atoms with Crippen molar-refractivity contribution in [2.24, 2.45) is 0 Å². The van der Waals surface area contributed by atoms with Crippen LogP contribution in [0.1, 0.15) is 71.1 Å². The maximum atomic E-state index is 9.66. The van der Waals surface area contributed by atoms with Crippen molar-refractivity contribution in [2.45, 2.75) is 71.1 Å². The number of rotatable bonds is 12. The second-order valence-corrected chi connectivity index (χ2v) is 8.87. The number of hydrogen-bond donors (Lipinski definition) is 3. The fourth-order valence-corrected chi connectivity index (χ4v) is 3.12. The zero-order valence-corrected chi connectivity index (χ0v) is 18.5. The summed E-state index contributed by atoms with van der Waals surface area (Å²) in [6.45, 7) is 3.25. The number of hydrogen-bond acceptors (Lipinski definition) is 5. The Morgan fingerprint density at radius 3 is 2.07 bits per heavy atom. The lowest BCUT2D eigenvalue weighted by atomic mass is 10.1. The Balaban J connectivity index is 0.000000749. The first kappa shape index (κ1) is 25.2. The Hall–Kier alpha value is -1.86. The predicted octanol–water partition coefficient (Wildman–Crippen LogP) is 5.78. The molecule has 29 heavy (non-hydrogen) atoms. The molecule has 0 saturated heterocycles. The van der Waals surface area contributed by atoms with Gasteiger partial charge in [0.05, 0.1) is 11.8 Å². The van der Waals surface area contributed by atoms with E-state index in [4.69, 9.17) is 4.55 Å². The largest absolute Gasteiger partial charge is 0.508 e.